The van der Waals surface area contributed by atoms with E-state index >= 15 is 0 Å². The molecule has 1 aromatic heterocycles. The highest BCUT2D eigenvalue weighted by molar-refractivity contribution is 5.87. The molecular formula is C6H7N3O4. The number of nitrogens with zero attached hydrogens (tertiary/aromatic N) is 3. The summed E-state index contributed by atoms with van der Waals surface area (Å²) in [6, 6.07) is 0. The van der Waals surface area contributed by atoms with Crippen LogP contribution in [0.25, 0.3) is 0 Å². The predicted octanol–water partition coefficient (Wildman–Crippen LogP) is -0.851. The lowest BCUT2D eigenvalue weighted by Gasteiger charge is -1.99. The molecule has 0 fully saturated rings. The number of carbonyl (C=O) groups excluding carboxylic acids is 1. The van der Waals surface area contributed by atoms with Crippen molar-refractivity contribution in [2.75, 3.05) is 7.11 Å². The summed E-state index contributed by atoms with van der Waals surface area (Å²) >= 11 is 0. The van der Waals surface area contributed by atoms with Crippen molar-refractivity contribution in [1.29, 1.82) is 0 Å². The summed E-state index contributed by atoms with van der Waals surface area (Å²) in [5.74, 6) is -1.76. The molecule has 0 saturated heterocycles. The molecule has 1 aromatic rings. The molecule has 0 bridgehead atoms. The highest BCUT2D eigenvalue weighted by Crippen LogP contribution is 1.97. The topological polar surface area (TPSA) is 94.3 Å². The Morgan fingerprint density at radius 1 is 1.69 bits per heavy atom. The number of rotatable bonds is 3. The lowest BCUT2D eigenvalue weighted by Crippen LogP contribution is -2.16. The fourth-order valence-electron chi connectivity index (χ4n) is 0.765. The van der Waals surface area contributed by atoms with Gasteiger partial charge in [0.15, 0.2) is 5.69 Å². The zero-order valence-corrected chi connectivity index (χ0v) is 6.80. The first kappa shape index (κ1) is 9.17. The van der Waals surface area contributed by atoms with Gasteiger partial charge < -0.3 is 9.84 Å². The van der Waals surface area contributed by atoms with Crippen LogP contribution in [0.2, 0.25) is 0 Å². The quantitative estimate of drug-likeness (QED) is 0.616. The number of aliphatic carboxylic acids is 1. The molecule has 13 heavy (non-hydrogen) atoms. The average molecular weight is 185 g/mol. The summed E-state index contributed by atoms with van der Waals surface area (Å²) in [6.45, 7) is -0.412. The number of ether oxygens (including phenoxy) is 1. The van der Waals surface area contributed by atoms with Gasteiger partial charge >= 0.3 is 11.9 Å². The Balaban J connectivity index is 2.89. The van der Waals surface area contributed by atoms with E-state index in [-0.39, 0.29) is 5.69 Å². The summed E-state index contributed by atoms with van der Waals surface area (Å²) in [5.41, 5.74) is 0.0184. The smallest absolute Gasteiger partial charge is 0.358 e. The third-order valence-corrected chi connectivity index (χ3v) is 1.30. The van der Waals surface area contributed by atoms with Crippen LogP contribution >= 0.6 is 0 Å². The van der Waals surface area contributed by atoms with E-state index in [0.29, 0.717) is 0 Å². The van der Waals surface area contributed by atoms with Crippen LogP contribution in [0.4, 0.5) is 0 Å². The van der Waals surface area contributed by atoms with Crippen LogP contribution in [-0.2, 0) is 16.1 Å². The third-order valence-electron chi connectivity index (χ3n) is 1.30. The fraction of sp³-hybridized carbons (Fsp3) is 0.333. The molecule has 0 atom stereocenters. The van der Waals surface area contributed by atoms with Crippen molar-refractivity contribution in [1.82, 2.24) is 15.0 Å². The van der Waals surface area contributed by atoms with Gasteiger partial charge in [-0.2, -0.15) is 0 Å². The minimum absolute atomic E-state index is 0.0184. The first-order valence-electron chi connectivity index (χ1n) is 3.33. The molecule has 7 nitrogen and oxygen atoms in total. The fourth-order valence-corrected chi connectivity index (χ4v) is 0.765. The Labute approximate surface area is 72.9 Å². The van der Waals surface area contributed by atoms with Crippen LogP contribution in [0.15, 0.2) is 6.20 Å². The van der Waals surface area contributed by atoms with Gasteiger partial charge in [0.25, 0.3) is 0 Å². The minimum Gasteiger partial charge on any atom is -0.480 e. The number of carboxylic acids is 1. The van der Waals surface area contributed by atoms with E-state index in [9.17, 15) is 9.59 Å². The Morgan fingerprint density at radius 3 is 2.92 bits per heavy atom. The molecule has 0 spiro atoms. The number of carboxylic acid groups (broad SMARTS) is 1. The van der Waals surface area contributed by atoms with Gasteiger partial charge in [0.1, 0.15) is 6.54 Å². The highest BCUT2D eigenvalue weighted by atomic mass is 16.5. The first-order valence-corrected chi connectivity index (χ1v) is 3.33. The molecule has 7 heteroatoms. The molecule has 0 saturated carbocycles. The molecule has 0 unspecified atom stereocenters. The summed E-state index contributed by atoms with van der Waals surface area (Å²) < 4.78 is 5.34. The van der Waals surface area contributed by atoms with Crippen molar-refractivity contribution in [2.24, 2.45) is 0 Å². The predicted molar refractivity (Wildman–Crippen MR) is 39.0 cm³/mol. The van der Waals surface area contributed by atoms with Crippen molar-refractivity contribution < 1.29 is 19.4 Å². The van der Waals surface area contributed by atoms with Gasteiger partial charge in [-0.1, -0.05) is 5.21 Å². The Morgan fingerprint density at radius 2 is 2.38 bits per heavy atom. The lowest BCUT2D eigenvalue weighted by atomic mass is 10.4. The van der Waals surface area contributed by atoms with Crippen molar-refractivity contribution in [3.05, 3.63) is 11.9 Å². The molecule has 1 heterocycles. The molecule has 1 rings (SSSR count). The van der Waals surface area contributed by atoms with E-state index < -0.39 is 18.5 Å². The molecule has 70 valence electrons. The number of hydrogen-bond donors (Lipinski definition) is 1. The molecule has 0 amide bonds. The Hall–Kier alpha value is -1.92. The Kier molecular flexibility index (Phi) is 2.58. The van der Waals surface area contributed by atoms with Crippen LogP contribution in [0, 0.1) is 0 Å². The van der Waals surface area contributed by atoms with Crippen LogP contribution in [0.3, 0.4) is 0 Å². The van der Waals surface area contributed by atoms with Gasteiger partial charge in [-0.25, -0.2) is 9.48 Å². The zero-order valence-electron chi connectivity index (χ0n) is 6.80. The van der Waals surface area contributed by atoms with Crippen molar-refractivity contribution in [2.45, 2.75) is 6.54 Å². The number of methoxy groups -OCH3 is 1. The SMILES string of the molecule is COC(=O)c1cnnn1CC(=O)O. The molecule has 0 radical (unpaired) electrons. The van der Waals surface area contributed by atoms with E-state index in [1.54, 1.807) is 0 Å². The second-order valence-corrected chi connectivity index (χ2v) is 2.16. The number of hydrogen-bond acceptors (Lipinski definition) is 5. The third kappa shape index (κ3) is 2.01. The van der Waals surface area contributed by atoms with Crippen LogP contribution in [0.1, 0.15) is 10.5 Å². The van der Waals surface area contributed by atoms with Crippen molar-refractivity contribution in [3.63, 3.8) is 0 Å². The molecule has 0 aliphatic carbocycles. The van der Waals surface area contributed by atoms with Gasteiger partial charge in [0, 0.05) is 0 Å². The van der Waals surface area contributed by atoms with E-state index in [0.717, 1.165) is 10.9 Å². The second-order valence-electron chi connectivity index (χ2n) is 2.16. The number of esters is 1. The van der Waals surface area contributed by atoms with Crippen molar-refractivity contribution >= 4 is 11.9 Å². The zero-order chi connectivity index (χ0) is 9.84. The summed E-state index contributed by atoms with van der Waals surface area (Å²) in [5, 5.41) is 15.2. The molecule has 0 aliphatic rings. The molecular weight excluding hydrogens is 178 g/mol. The van der Waals surface area contributed by atoms with E-state index in [4.69, 9.17) is 5.11 Å². The monoisotopic (exact) mass is 185 g/mol. The maximum atomic E-state index is 11.0. The van der Waals surface area contributed by atoms with E-state index in [2.05, 4.69) is 15.0 Å². The van der Waals surface area contributed by atoms with Gasteiger partial charge in [0.2, 0.25) is 0 Å². The Bertz CT molecular complexity index is 332. The minimum atomic E-state index is -1.10. The summed E-state index contributed by atoms with van der Waals surface area (Å²) in [4.78, 5) is 21.2. The van der Waals surface area contributed by atoms with Gasteiger partial charge in [0.05, 0.1) is 13.3 Å². The number of aromatic nitrogens is 3. The maximum Gasteiger partial charge on any atom is 0.358 e. The van der Waals surface area contributed by atoms with Crippen LogP contribution < -0.4 is 0 Å². The molecule has 0 aromatic carbocycles. The molecule has 1 N–H and O–H groups in total. The van der Waals surface area contributed by atoms with Gasteiger partial charge in [-0.15, -0.1) is 5.10 Å². The van der Waals surface area contributed by atoms with Crippen molar-refractivity contribution in [3.8, 4) is 0 Å². The molecule has 0 aliphatic heterocycles. The lowest BCUT2D eigenvalue weighted by molar-refractivity contribution is -0.137. The summed E-state index contributed by atoms with van der Waals surface area (Å²) in [7, 11) is 1.19. The normalized spacial score (nSPS) is 9.62. The first-order chi connectivity index (χ1) is 6.15. The summed E-state index contributed by atoms with van der Waals surface area (Å²) in [6.07, 6.45) is 1.15. The second kappa shape index (κ2) is 3.65. The largest absolute Gasteiger partial charge is 0.480 e. The highest BCUT2D eigenvalue weighted by Gasteiger charge is 2.14. The standard InChI is InChI=1S/C6H7N3O4/c1-13-6(12)4-2-7-8-9(4)3-5(10)11/h2H,3H2,1H3,(H,10,11). The van der Waals surface area contributed by atoms with Crippen LogP contribution in [-0.4, -0.2) is 39.1 Å². The average Bonchev–Trinajstić information content (AvgIpc) is 2.50. The number of carbonyl (C=O) groups is 2. The van der Waals surface area contributed by atoms with Crippen LogP contribution in [0.5, 0.6) is 0 Å². The maximum absolute atomic E-state index is 11.0. The van der Waals surface area contributed by atoms with Gasteiger partial charge in [-0.05, 0) is 0 Å². The van der Waals surface area contributed by atoms with E-state index in [1.807, 2.05) is 0 Å². The van der Waals surface area contributed by atoms with E-state index in [1.165, 1.54) is 7.11 Å². The van der Waals surface area contributed by atoms with Gasteiger partial charge in [-0.3, -0.25) is 4.79 Å².